The average Bonchev–Trinajstić information content (AvgIpc) is 3.30. The maximum absolute atomic E-state index is 12.9. The van der Waals surface area contributed by atoms with Crippen molar-refractivity contribution in [1.82, 2.24) is 14.8 Å². The Bertz CT molecular complexity index is 904. The van der Waals surface area contributed by atoms with Crippen molar-refractivity contribution >= 4 is 17.0 Å². The molecule has 3 aromatic rings. The van der Waals surface area contributed by atoms with Crippen molar-refractivity contribution in [2.75, 3.05) is 13.1 Å². The highest BCUT2D eigenvalue weighted by atomic mass is 16.3. The third-order valence-corrected chi connectivity index (χ3v) is 5.66. The summed E-state index contributed by atoms with van der Waals surface area (Å²) in [7, 11) is 0. The molecule has 5 heteroatoms. The lowest BCUT2D eigenvalue weighted by Gasteiger charge is -2.32. The first-order chi connectivity index (χ1) is 13.7. The van der Waals surface area contributed by atoms with E-state index in [1.54, 1.807) is 6.26 Å². The molecule has 0 radical (unpaired) electrons. The van der Waals surface area contributed by atoms with Crippen LogP contribution in [0.1, 0.15) is 48.7 Å². The summed E-state index contributed by atoms with van der Waals surface area (Å²) in [5.74, 6) is 0.0176. The number of rotatable bonds is 7. The van der Waals surface area contributed by atoms with Crippen LogP contribution >= 0.6 is 0 Å². The molecule has 1 aromatic carbocycles. The van der Waals surface area contributed by atoms with Crippen molar-refractivity contribution in [2.45, 2.75) is 51.7 Å². The van der Waals surface area contributed by atoms with Crippen LogP contribution in [0.2, 0.25) is 0 Å². The van der Waals surface area contributed by atoms with Crippen LogP contribution in [-0.2, 0) is 13.1 Å². The number of piperidine rings is 1. The molecule has 1 aliphatic heterocycles. The summed E-state index contributed by atoms with van der Waals surface area (Å²) in [5.41, 5.74) is 3.87. The summed E-state index contributed by atoms with van der Waals surface area (Å²) in [4.78, 5) is 15.4. The second kappa shape index (κ2) is 8.65. The fourth-order valence-electron chi connectivity index (χ4n) is 4.06. The number of unbranched alkanes of at least 4 members (excludes halogenated alkanes) is 1. The van der Waals surface area contributed by atoms with Crippen molar-refractivity contribution in [1.29, 1.82) is 0 Å². The van der Waals surface area contributed by atoms with Gasteiger partial charge in [-0.15, -0.1) is 0 Å². The molecule has 1 fully saturated rings. The Morgan fingerprint density at radius 2 is 1.96 bits per heavy atom. The van der Waals surface area contributed by atoms with Crippen molar-refractivity contribution in [3.05, 3.63) is 60.0 Å². The first-order valence-corrected chi connectivity index (χ1v) is 10.4. The molecule has 1 saturated heterocycles. The van der Waals surface area contributed by atoms with E-state index in [1.165, 1.54) is 5.56 Å². The highest BCUT2D eigenvalue weighted by molar-refractivity contribution is 5.97. The fraction of sp³-hybridized carbons (Fsp3) is 0.435. The number of carbonyl (C=O) groups is 1. The van der Waals surface area contributed by atoms with Gasteiger partial charge >= 0.3 is 0 Å². The van der Waals surface area contributed by atoms with Crippen LogP contribution in [0.4, 0.5) is 0 Å². The number of likely N-dealkylation sites (tertiary alicyclic amines) is 1. The van der Waals surface area contributed by atoms with E-state index in [1.807, 2.05) is 12.1 Å². The Hall–Kier alpha value is -2.53. The summed E-state index contributed by atoms with van der Waals surface area (Å²) in [5, 5.41) is 3.26. The molecule has 5 nitrogen and oxygen atoms in total. The predicted octanol–water partition coefficient (Wildman–Crippen LogP) is 4.43. The molecule has 1 amide bonds. The van der Waals surface area contributed by atoms with Crippen LogP contribution in [0.15, 0.2) is 53.1 Å². The average molecular weight is 380 g/mol. The maximum Gasteiger partial charge on any atom is 0.268 e. The molecule has 1 aliphatic rings. The lowest BCUT2D eigenvalue weighted by Crippen LogP contribution is -2.44. The summed E-state index contributed by atoms with van der Waals surface area (Å²) in [6.07, 6.45) is 5.82. The van der Waals surface area contributed by atoms with E-state index in [9.17, 15) is 4.79 Å². The number of amides is 1. The predicted molar refractivity (Wildman–Crippen MR) is 111 cm³/mol. The van der Waals surface area contributed by atoms with Crippen LogP contribution in [-0.4, -0.2) is 34.5 Å². The van der Waals surface area contributed by atoms with E-state index >= 15 is 0 Å². The molecule has 148 valence electrons. The summed E-state index contributed by atoms with van der Waals surface area (Å²) >= 11 is 0. The SMILES string of the molecule is CCCCn1c(C(=O)NC2CCN(Cc3ccccc3)CC2)cc2occc21. The van der Waals surface area contributed by atoms with Gasteiger partial charge in [-0.2, -0.15) is 0 Å². The van der Waals surface area contributed by atoms with Gasteiger partial charge in [0.15, 0.2) is 5.58 Å². The van der Waals surface area contributed by atoms with E-state index < -0.39 is 0 Å². The molecule has 1 N–H and O–H groups in total. The second-order valence-electron chi connectivity index (χ2n) is 7.71. The smallest absolute Gasteiger partial charge is 0.268 e. The van der Waals surface area contributed by atoms with Gasteiger partial charge in [0, 0.05) is 44.4 Å². The molecule has 4 rings (SSSR count). The zero-order valence-corrected chi connectivity index (χ0v) is 16.6. The van der Waals surface area contributed by atoms with Gasteiger partial charge in [0.25, 0.3) is 5.91 Å². The minimum Gasteiger partial charge on any atom is -0.463 e. The fourth-order valence-corrected chi connectivity index (χ4v) is 4.06. The van der Waals surface area contributed by atoms with Gasteiger partial charge in [-0.1, -0.05) is 43.7 Å². The minimum absolute atomic E-state index is 0.0176. The van der Waals surface area contributed by atoms with Crippen molar-refractivity contribution in [3.8, 4) is 0 Å². The van der Waals surface area contributed by atoms with E-state index in [-0.39, 0.29) is 11.9 Å². The quantitative estimate of drug-likeness (QED) is 0.661. The standard InChI is InChI=1S/C23H29N3O2/c1-2-3-12-26-20-11-15-28-22(20)16-21(26)23(27)24-19-9-13-25(14-10-19)17-18-7-5-4-6-8-18/h4-8,11,15-16,19H,2-3,9-10,12-14,17H2,1H3,(H,24,27). The van der Waals surface area contributed by atoms with Crippen molar-refractivity contribution < 1.29 is 9.21 Å². The maximum atomic E-state index is 12.9. The van der Waals surface area contributed by atoms with Crippen molar-refractivity contribution in [2.24, 2.45) is 0 Å². The normalized spacial score (nSPS) is 15.9. The number of benzene rings is 1. The number of fused-ring (bicyclic) bond motifs is 1. The molecule has 0 unspecified atom stereocenters. The molecular weight excluding hydrogens is 350 g/mol. The van der Waals surface area contributed by atoms with Gasteiger partial charge in [0.2, 0.25) is 0 Å². The van der Waals surface area contributed by atoms with Crippen molar-refractivity contribution in [3.63, 3.8) is 0 Å². The van der Waals surface area contributed by atoms with E-state index in [0.29, 0.717) is 0 Å². The zero-order chi connectivity index (χ0) is 19.3. The van der Waals surface area contributed by atoms with Crippen LogP contribution in [0, 0.1) is 0 Å². The van der Waals surface area contributed by atoms with Gasteiger partial charge < -0.3 is 14.3 Å². The molecular formula is C23H29N3O2. The molecule has 0 saturated carbocycles. The number of hydrogen-bond acceptors (Lipinski definition) is 3. The molecule has 28 heavy (non-hydrogen) atoms. The number of aryl methyl sites for hydroxylation is 1. The lowest BCUT2D eigenvalue weighted by atomic mass is 10.0. The Morgan fingerprint density at radius 1 is 1.18 bits per heavy atom. The number of hydrogen-bond donors (Lipinski definition) is 1. The number of carbonyl (C=O) groups excluding carboxylic acids is 1. The second-order valence-corrected chi connectivity index (χ2v) is 7.71. The molecule has 2 aromatic heterocycles. The molecule has 0 spiro atoms. The Morgan fingerprint density at radius 3 is 2.71 bits per heavy atom. The van der Waals surface area contributed by atoms with Gasteiger partial charge in [-0.05, 0) is 24.8 Å². The van der Waals surface area contributed by atoms with Crippen LogP contribution in [0.5, 0.6) is 0 Å². The Labute approximate surface area is 166 Å². The Kier molecular flexibility index (Phi) is 5.81. The molecule has 0 atom stereocenters. The van der Waals surface area contributed by atoms with Crippen LogP contribution in [0.25, 0.3) is 11.1 Å². The lowest BCUT2D eigenvalue weighted by molar-refractivity contribution is 0.0899. The summed E-state index contributed by atoms with van der Waals surface area (Å²) < 4.78 is 7.62. The van der Waals surface area contributed by atoms with Gasteiger partial charge in [-0.3, -0.25) is 9.69 Å². The monoisotopic (exact) mass is 379 g/mol. The molecule has 0 bridgehead atoms. The topological polar surface area (TPSA) is 50.4 Å². The number of nitrogens with one attached hydrogen (secondary N) is 1. The van der Waals surface area contributed by atoms with Gasteiger partial charge in [0.05, 0.1) is 11.8 Å². The van der Waals surface area contributed by atoms with Crippen LogP contribution < -0.4 is 5.32 Å². The summed E-state index contributed by atoms with van der Waals surface area (Å²) in [6.45, 7) is 6.02. The van der Waals surface area contributed by atoms with E-state index in [0.717, 1.165) is 68.7 Å². The zero-order valence-electron chi connectivity index (χ0n) is 16.6. The highest BCUT2D eigenvalue weighted by Gasteiger charge is 2.23. The largest absolute Gasteiger partial charge is 0.463 e. The minimum atomic E-state index is 0.0176. The first-order valence-electron chi connectivity index (χ1n) is 10.4. The third kappa shape index (κ3) is 4.14. The molecule has 3 heterocycles. The Balaban J connectivity index is 1.36. The highest BCUT2D eigenvalue weighted by Crippen LogP contribution is 2.22. The van der Waals surface area contributed by atoms with E-state index in [4.69, 9.17) is 4.42 Å². The summed E-state index contributed by atoms with van der Waals surface area (Å²) in [6, 6.07) is 14.6. The van der Waals surface area contributed by atoms with Gasteiger partial charge in [-0.25, -0.2) is 0 Å². The number of nitrogens with zero attached hydrogens (tertiary/aromatic N) is 2. The van der Waals surface area contributed by atoms with E-state index in [2.05, 4.69) is 52.0 Å². The number of aromatic nitrogens is 1. The molecule has 0 aliphatic carbocycles. The number of furan rings is 1. The third-order valence-electron chi connectivity index (χ3n) is 5.66. The first kappa shape index (κ1) is 18.8. The van der Waals surface area contributed by atoms with Crippen LogP contribution in [0.3, 0.4) is 0 Å². The van der Waals surface area contributed by atoms with Gasteiger partial charge in [0.1, 0.15) is 5.69 Å².